The molecule has 11 heteroatoms. The van der Waals surface area contributed by atoms with Gasteiger partial charge in [0.15, 0.2) is 0 Å². The second-order valence-corrected chi connectivity index (χ2v) is 7.54. The van der Waals surface area contributed by atoms with Crippen molar-refractivity contribution in [1.29, 1.82) is 0 Å². The van der Waals surface area contributed by atoms with Crippen LogP contribution < -0.4 is 15.4 Å². The van der Waals surface area contributed by atoms with Crippen molar-refractivity contribution in [3.8, 4) is 5.75 Å². The molecule has 1 saturated heterocycles. The Balaban J connectivity index is 1.81. The van der Waals surface area contributed by atoms with Gasteiger partial charge in [0.25, 0.3) is 5.91 Å². The monoisotopic (exact) mass is 479 g/mol. The average Bonchev–Trinajstić information content (AvgIpc) is 3.05. The summed E-state index contributed by atoms with van der Waals surface area (Å²) in [6, 6.07) is 10.5. The van der Waals surface area contributed by atoms with E-state index in [2.05, 4.69) is 10.6 Å². The molecule has 1 atom stereocenters. The van der Waals surface area contributed by atoms with Crippen molar-refractivity contribution in [2.24, 2.45) is 0 Å². The number of urea groups is 1. The Morgan fingerprint density at radius 3 is 2.44 bits per heavy atom. The van der Waals surface area contributed by atoms with Crippen LogP contribution in [-0.2, 0) is 26.0 Å². The predicted molar refractivity (Wildman–Crippen MR) is 116 cm³/mol. The zero-order valence-electron chi connectivity index (χ0n) is 18.6. The number of halogens is 3. The summed E-state index contributed by atoms with van der Waals surface area (Å²) in [7, 11) is 1.43. The fourth-order valence-corrected chi connectivity index (χ4v) is 3.63. The molecule has 3 rings (SSSR count). The minimum Gasteiger partial charge on any atom is -0.489 e. The number of carbonyl (C=O) groups is 3. The molecule has 4 amide bonds. The highest BCUT2D eigenvalue weighted by Gasteiger charge is 2.51. The molecule has 34 heavy (non-hydrogen) atoms. The molecule has 8 nitrogen and oxygen atoms in total. The first-order chi connectivity index (χ1) is 16.1. The van der Waals surface area contributed by atoms with Crippen LogP contribution in [0.4, 0.5) is 23.7 Å². The number of ether oxygens (including phenoxy) is 2. The van der Waals surface area contributed by atoms with E-state index in [0.29, 0.717) is 5.56 Å². The van der Waals surface area contributed by atoms with Gasteiger partial charge >= 0.3 is 12.2 Å². The molecule has 2 aromatic carbocycles. The molecular weight excluding hydrogens is 455 g/mol. The third kappa shape index (κ3) is 5.14. The van der Waals surface area contributed by atoms with Gasteiger partial charge in [0.1, 0.15) is 24.4 Å². The third-order valence-corrected chi connectivity index (χ3v) is 5.40. The van der Waals surface area contributed by atoms with Crippen molar-refractivity contribution < 1.29 is 37.0 Å². The number of nitrogens with one attached hydrogen (secondary N) is 2. The molecule has 0 radical (unpaired) electrons. The van der Waals surface area contributed by atoms with Crippen LogP contribution in [0.2, 0.25) is 0 Å². The summed E-state index contributed by atoms with van der Waals surface area (Å²) in [4.78, 5) is 39.2. The van der Waals surface area contributed by atoms with Gasteiger partial charge < -0.3 is 20.1 Å². The molecular formula is C23H24F3N3O5. The molecule has 0 aromatic heterocycles. The summed E-state index contributed by atoms with van der Waals surface area (Å²) in [5.74, 6) is -1.50. The Hall–Kier alpha value is -3.60. The fraction of sp³-hybridized carbons (Fsp3) is 0.348. The highest BCUT2D eigenvalue weighted by Crippen LogP contribution is 2.36. The van der Waals surface area contributed by atoms with Gasteiger partial charge in [0.2, 0.25) is 5.91 Å². The van der Waals surface area contributed by atoms with E-state index in [4.69, 9.17) is 9.47 Å². The number of hydrogen-bond acceptors (Lipinski definition) is 5. The predicted octanol–water partition coefficient (Wildman–Crippen LogP) is 3.53. The van der Waals surface area contributed by atoms with E-state index >= 15 is 0 Å². The van der Waals surface area contributed by atoms with Crippen molar-refractivity contribution in [2.75, 3.05) is 32.2 Å². The van der Waals surface area contributed by atoms with Crippen LogP contribution in [-0.4, -0.2) is 49.6 Å². The number of anilines is 1. The topological polar surface area (TPSA) is 97.0 Å². The number of carbonyl (C=O) groups excluding carboxylic acids is 3. The molecule has 2 N–H and O–H groups in total. The lowest BCUT2D eigenvalue weighted by atomic mass is 9.87. The largest absolute Gasteiger partial charge is 0.489 e. The van der Waals surface area contributed by atoms with Crippen molar-refractivity contribution in [3.05, 3.63) is 59.7 Å². The number of hydrogen-bond donors (Lipinski definition) is 2. The van der Waals surface area contributed by atoms with Gasteiger partial charge in [0, 0.05) is 7.11 Å². The molecule has 1 aliphatic heterocycles. The lowest BCUT2D eigenvalue weighted by molar-refractivity contribution is -0.137. The molecule has 1 fully saturated rings. The van der Waals surface area contributed by atoms with Crippen LogP contribution in [0.5, 0.6) is 5.75 Å². The number of benzene rings is 2. The first-order valence-electron chi connectivity index (χ1n) is 10.4. The molecule has 0 bridgehead atoms. The first kappa shape index (κ1) is 25.0. The van der Waals surface area contributed by atoms with E-state index in [1.54, 1.807) is 37.3 Å². The van der Waals surface area contributed by atoms with Gasteiger partial charge in [-0.2, -0.15) is 13.2 Å². The Labute approximate surface area is 194 Å². The van der Waals surface area contributed by atoms with E-state index in [9.17, 15) is 27.6 Å². The lowest BCUT2D eigenvalue weighted by Gasteiger charge is -2.25. The number of amides is 4. The number of alkyl halides is 3. The van der Waals surface area contributed by atoms with E-state index in [0.717, 1.165) is 23.1 Å². The van der Waals surface area contributed by atoms with E-state index in [-0.39, 0.29) is 31.1 Å². The Morgan fingerprint density at radius 2 is 1.82 bits per heavy atom. The highest BCUT2D eigenvalue weighted by atomic mass is 19.4. The Bertz CT molecular complexity index is 1060. The molecule has 0 saturated carbocycles. The quantitative estimate of drug-likeness (QED) is 0.424. The van der Waals surface area contributed by atoms with Crippen LogP contribution in [0.3, 0.4) is 0 Å². The Kier molecular flexibility index (Phi) is 7.45. The summed E-state index contributed by atoms with van der Waals surface area (Å²) in [6.45, 7) is 1.25. The number of imide groups is 1. The lowest BCUT2D eigenvalue weighted by Crippen LogP contribution is -2.44. The molecule has 0 aliphatic carbocycles. The van der Waals surface area contributed by atoms with Gasteiger partial charge in [-0.05, 0) is 30.2 Å². The van der Waals surface area contributed by atoms with Gasteiger partial charge in [-0.25, -0.2) is 4.79 Å². The van der Waals surface area contributed by atoms with Gasteiger partial charge in [-0.1, -0.05) is 37.3 Å². The SMILES string of the molecule is CCC1(c2ccccc2)NC(=O)N(CC(=O)Nc2cc(C(F)(F)F)ccc2OCCOC)C1=O. The van der Waals surface area contributed by atoms with Gasteiger partial charge in [0.05, 0.1) is 17.9 Å². The van der Waals surface area contributed by atoms with Crippen molar-refractivity contribution >= 4 is 23.5 Å². The zero-order chi connectivity index (χ0) is 24.9. The standard InChI is InChI=1S/C23H24F3N3O5/c1-3-22(15-7-5-4-6-8-15)20(31)29(21(32)28-22)14-19(30)27-17-13-16(23(24,25)26)9-10-18(17)34-12-11-33-2/h4-10,13H,3,11-12,14H2,1-2H3,(H,27,30)(H,28,32). The van der Waals surface area contributed by atoms with Crippen molar-refractivity contribution in [2.45, 2.75) is 25.1 Å². The smallest absolute Gasteiger partial charge is 0.416 e. The second kappa shape index (κ2) is 10.1. The van der Waals surface area contributed by atoms with E-state index < -0.39 is 41.7 Å². The third-order valence-electron chi connectivity index (χ3n) is 5.40. The van der Waals surface area contributed by atoms with Crippen molar-refractivity contribution in [1.82, 2.24) is 10.2 Å². The summed E-state index contributed by atoms with van der Waals surface area (Å²) >= 11 is 0. The number of methoxy groups -OCH3 is 1. The first-order valence-corrected chi connectivity index (χ1v) is 10.4. The summed E-state index contributed by atoms with van der Waals surface area (Å²) < 4.78 is 49.8. The molecule has 1 aliphatic rings. The maximum atomic E-state index is 13.2. The molecule has 2 aromatic rings. The maximum absolute atomic E-state index is 13.2. The summed E-state index contributed by atoms with van der Waals surface area (Å²) in [5, 5.41) is 4.97. The van der Waals surface area contributed by atoms with E-state index in [1.165, 1.54) is 7.11 Å². The summed E-state index contributed by atoms with van der Waals surface area (Å²) in [5.41, 5.74) is -2.01. The second-order valence-electron chi connectivity index (χ2n) is 7.54. The zero-order valence-corrected chi connectivity index (χ0v) is 18.6. The molecule has 1 unspecified atom stereocenters. The number of rotatable bonds is 9. The van der Waals surface area contributed by atoms with Crippen molar-refractivity contribution in [3.63, 3.8) is 0 Å². The summed E-state index contributed by atoms with van der Waals surface area (Å²) in [6.07, 6.45) is -4.41. The van der Waals surface area contributed by atoms with Crippen LogP contribution in [0.1, 0.15) is 24.5 Å². The normalized spacial score (nSPS) is 18.1. The minimum absolute atomic E-state index is 0.0113. The van der Waals surface area contributed by atoms with Crippen LogP contribution in [0, 0.1) is 0 Å². The van der Waals surface area contributed by atoms with Crippen LogP contribution in [0.25, 0.3) is 0 Å². The van der Waals surface area contributed by atoms with Gasteiger partial charge in [-0.3, -0.25) is 14.5 Å². The maximum Gasteiger partial charge on any atom is 0.416 e. The minimum atomic E-state index is -4.65. The van der Waals surface area contributed by atoms with Crippen LogP contribution in [0.15, 0.2) is 48.5 Å². The highest BCUT2D eigenvalue weighted by molar-refractivity contribution is 6.10. The van der Waals surface area contributed by atoms with Crippen LogP contribution >= 0.6 is 0 Å². The van der Waals surface area contributed by atoms with E-state index in [1.807, 2.05) is 0 Å². The van der Waals surface area contributed by atoms with Gasteiger partial charge in [-0.15, -0.1) is 0 Å². The number of nitrogens with zero attached hydrogens (tertiary/aromatic N) is 1. The molecule has 0 spiro atoms. The average molecular weight is 479 g/mol. The molecule has 1 heterocycles. The Morgan fingerprint density at radius 1 is 1.12 bits per heavy atom. The molecule has 182 valence electrons. The fourth-order valence-electron chi connectivity index (χ4n) is 3.63.